The van der Waals surface area contributed by atoms with Gasteiger partial charge in [-0.15, -0.1) is 0 Å². The van der Waals surface area contributed by atoms with E-state index in [2.05, 4.69) is 17.9 Å². The van der Waals surface area contributed by atoms with E-state index in [0.29, 0.717) is 11.5 Å². The van der Waals surface area contributed by atoms with Crippen molar-refractivity contribution in [3.05, 3.63) is 24.3 Å². The maximum absolute atomic E-state index is 11.3. The van der Waals surface area contributed by atoms with Crippen molar-refractivity contribution in [3.63, 3.8) is 0 Å². The van der Waals surface area contributed by atoms with E-state index in [1.807, 2.05) is 18.2 Å². The van der Waals surface area contributed by atoms with Crippen LogP contribution in [0.3, 0.4) is 0 Å². The number of hydrogen-bond donors (Lipinski definition) is 2. The zero-order valence-electron chi connectivity index (χ0n) is 9.27. The van der Waals surface area contributed by atoms with E-state index in [1.54, 1.807) is 19.4 Å². The van der Waals surface area contributed by atoms with Crippen LogP contribution in [0.15, 0.2) is 24.3 Å². The van der Waals surface area contributed by atoms with E-state index in [9.17, 15) is 4.79 Å². The Labute approximate surface area is 100 Å². The molecule has 1 aromatic carbocycles. The smallest absolute Gasteiger partial charge is 0.264 e. The van der Waals surface area contributed by atoms with Crippen molar-refractivity contribution >= 4 is 18.5 Å². The van der Waals surface area contributed by atoms with Gasteiger partial charge in [-0.2, -0.15) is 12.6 Å². The van der Waals surface area contributed by atoms with Crippen molar-refractivity contribution < 1.29 is 14.3 Å². The number of nitrogens with one attached hydrogen (secondary N) is 1. The lowest BCUT2D eigenvalue weighted by Gasteiger charge is -2.24. The number of thiol groups is 1. The number of para-hydroxylation sites is 2. The fraction of sp³-hybridized carbons (Fsp3) is 0.364. The van der Waals surface area contributed by atoms with Crippen molar-refractivity contribution in [1.82, 2.24) is 5.32 Å². The fourth-order valence-corrected chi connectivity index (χ4v) is 1.31. The first-order valence-corrected chi connectivity index (χ1v) is 5.75. The van der Waals surface area contributed by atoms with Gasteiger partial charge >= 0.3 is 0 Å². The third-order valence-electron chi connectivity index (χ3n) is 2.05. The molecule has 1 amide bonds. The van der Waals surface area contributed by atoms with Crippen LogP contribution in [-0.2, 0) is 4.79 Å². The Morgan fingerprint density at radius 3 is 2.62 bits per heavy atom. The largest absolute Gasteiger partial charge is 0.485 e. The van der Waals surface area contributed by atoms with Gasteiger partial charge in [0, 0.05) is 7.05 Å². The van der Waals surface area contributed by atoms with Crippen molar-refractivity contribution in [3.8, 4) is 11.5 Å². The van der Waals surface area contributed by atoms with Crippen LogP contribution in [0, 0.1) is 0 Å². The number of carbonyl (C=O) groups excluding carboxylic acids is 1. The molecule has 0 saturated heterocycles. The van der Waals surface area contributed by atoms with Crippen LogP contribution in [0.25, 0.3) is 0 Å². The predicted molar refractivity (Wildman–Crippen MR) is 65.3 cm³/mol. The van der Waals surface area contributed by atoms with E-state index < -0.39 is 6.10 Å². The lowest BCUT2D eigenvalue weighted by Crippen LogP contribution is -2.42. The van der Waals surface area contributed by atoms with E-state index in [-0.39, 0.29) is 12.5 Å². The number of rotatable bonds is 1. The second-order valence-electron chi connectivity index (χ2n) is 2.98. The second-order valence-corrected chi connectivity index (χ2v) is 2.98. The summed E-state index contributed by atoms with van der Waals surface area (Å²) in [7, 11) is 1.58. The van der Waals surface area contributed by atoms with Crippen LogP contribution in [0.2, 0.25) is 0 Å². The zero-order chi connectivity index (χ0) is 12.0. The van der Waals surface area contributed by atoms with Gasteiger partial charge in [-0.1, -0.05) is 12.1 Å². The molecule has 0 bridgehead atoms. The van der Waals surface area contributed by atoms with E-state index in [0.717, 1.165) is 0 Å². The van der Waals surface area contributed by atoms with E-state index in [4.69, 9.17) is 9.47 Å². The highest BCUT2D eigenvalue weighted by atomic mass is 32.1. The summed E-state index contributed by atoms with van der Waals surface area (Å²) in [5.41, 5.74) is 0. The number of fused-ring (bicyclic) bond motifs is 1. The molecular formula is C11H15NO3S. The van der Waals surface area contributed by atoms with Crippen molar-refractivity contribution in [1.29, 1.82) is 0 Å². The molecule has 1 N–H and O–H groups in total. The minimum atomic E-state index is -0.546. The molecule has 0 saturated carbocycles. The third kappa shape index (κ3) is 2.82. The SMILES string of the molecule is CNC(=O)C1COc2ccccc2O1.CS. The standard InChI is InChI=1S/C10H11NO3.CH4S/c1-11-10(12)9-6-13-7-4-2-3-5-8(7)14-9;1-2/h2-5,9H,6H2,1H3,(H,11,12);2H,1H3. The Morgan fingerprint density at radius 1 is 1.38 bits per heavy atom. The Kier molecular flexibility index (Phi) is 4.98. The summed E-state index contributed by atoms with van der Waals surface area (Å²) in [5.74, 6) is 1.14. The van der Waals surface area contributed by atoms with Gasteiger partial charge in [-0.25, -0.2) is 0 Å². The summed E-state index contributed by atoms with van der Waals surface area (Å²) in [4.78, 5) is 11.3. The first-order valence-electron chi connectivity index (χ1n) is 4.86. The summed E-state index contributed by atoms with van der Waals surface area (Å²) in [6.07, 6.45) is 1.15. The maximum atomic E-state index is 11.3. The van der Waals surface area contributed by atoms with Crippen molar-refractivity contribution in [2.75, 3.05) is 19.9 Å². The van der Waals surface area contributed by atoms with Crippen molar-refractivity contribution in [2.45, 2.75) is 6.10 Å². The minimum absolute atomic E-state index is 0.167. The first-order chi connectivity index (χ1) is 7.81. The molecule has 1 aromatic rings. The van der Waals surface area contributed by atoms with Gasteiger partial charge in [-0.3, -0.25) is 4.79 Å². The number of amides is 1. The van der Waals surface area contributed by atoms with Crippen LogP contribution in [0.1, 0.15) is 0 Å². The summed E-state index contributed by atoms with van der Waals surface area (Å²) in [6, 6.07) is 7.30. The summed E-state index contributed by atoms with van der Waals surface area (Å²) >= 11 is 3.53. The monoisotopic (exact) mass is 241 g/mol. The Balaban J connectivity index is 0.000000606. The quantitative estimate of drug-likeness (QED) is 0.724. The van der Waals surface area contributed by atoms with Gasteiger partial charge < -0.3 is 14.8 Å². The molecule has 2 rings (SSSR count). The number of carbonyl (C=O) groups is 1. The molecule has 1 aliphatic rings. The summed E-state index contributed by atoms with van der Waals surface area (Å²) in [6.45, 7) is 0.261. The predicted octanol–water partition coefficient (Wildman–Crippen LogP) is 1.12. The molecule has 1 heterocycles. The molecule has 4 nitrogen and oxygen atoms in total. The average molecular weight is 241 g/mol. The molecule has 0 fully saturated rings. The van der Waals surface area contributed by atoms with Gasteiger partial charge in [-0.05, 0) is 18.4 Å². The number of benzene rings is 1. The van der Waals surface area contributed by atoms with Gasteiger partial charge in [0.15, 0.2) is 11.5 Å². The molecule has 0 aromatic heterocycles. The normalized spacial score (nSPS) is 16.8. The maximum Gasteiger partial charge on any atom is 0.264 e. The summed E-state index contributed by atoms with van der Waals surface area (Å²) < 4.78 is 10.8. The number of hydrogen-bond acceptors (Lipinski definition) is 4. The van der Waals surface area contributed by atoms with Gasteiger partial charge in [0.2, 0.25) is 6.10 Å². The van der Waals surface area contributed by atoms with E-state index in [1.165, 1.54) is 0 Å². The third-order valence-corrected chi connectivity index (χ3v) is 2.05. The highest BCUT2D eigenvalue weighted by molar-refractivity contribution is 7.79. The Bertz CT molecular complexity index is 357. The lowest BCUT2D eigenvalue weighted by molar-refractivity contribution is -0.129. The van der Waals surface area contributed by atoms with Crippen LogP contribution in [0.5, 0.6) is 11.5 Å². The van der Waals surface area contributed by atoms with Gasteiger partial charge in [0.05, 0.1) is 0 Å². The molecule has 0 aliphatic carbocycles. The molecule has 16 heavy (non-hydrogen) atoms. The molecule has 88 valence electrons. The van der Waals surface area contributed by atoms with Gasteiger partial charge in [0.25, 0.3) is 5.91 Å². The Morgan fingerprint density at radius 2 is 2.00 bits per heavy atom. The van der Waals surface area contributed by atoms with Crippen LogP contribution in [0.4, 0.5) is 0 Å². The molecular weight excluding hydrogens is 226 g/mol. The lowest BCUT2D eigenvalue weighted by atomic mass is 10.2. The molecule has 0 radical (unpaired) electrons. The Hall–Kier alpha value is -1.36. The summed E-state index contributed by atoms with van der Waals surface area (Å²) in [5, 5.41) is 2.52. The molecule has 1 aliphatic heterocycles. The average Bonchev–Trinajstić information content (AvgIpc) is 2.39. The fourth-order valence-electron chi connectivity index (χ4n) is 1.31. The van der Waals surface area contributed by atoms with Crippen LogP contribution < -0.4 is 14.8 Å². The molecule has 1 unspecified atom stereocenters. The minimum Gasteiger partial charge on any atom is -0.485 e. The first kappa shape index (κ1) is 12.7. The molecule has 0 spiro atoms. The van der Waals surface area contributed by atoms with E-state index >= 15 is 0 Å². The van der Waals surface area contributed by atoms with Crippen LogP contribution in [-0.4, -0.2) is 31.9 Å². The highest BCUT2D eigenvalue weighted by Gasteiger charge is 2.25. The second kappa shape index (κ2) is 6.27. The number of likely N-dealkylation sites (N-methyl/N-ethyl adjacent to an activating group) is 1. The van der Waals surface area contributed by atoms with Crippen molar-refractivity contribution in [2.24, 2.45) is 0 Å². The highest BCUT2D eigenvalue weighted by Crippen LogP contribution is 2.30. The topological polar surface area (TPSA) is 47.6 Å². The zero-order valence-corrected chi connectivity index (χ0v) is 10.2. The molecule has 5 heteroatoms. The number of ether oxygens (including phenoxy) is 2. The van der Waals surface area contributed by atoms with Gasteiger partial charge in [0.1, 0.15) is 6.61 Å². The molecule has 1 atom stereocenters. The van der Waals surface area contributed by atoms with Crippen LogP contribution >= 0.6 is 12.6 Å².